The average molecular weight is 178 g/mol. The Morgan fingerprint density at radius 3 is 2.77 bits per heavy atom. The first-order chi connectivity index (χ1) is 6.29. The Morgan fingerprint density at radius 1 is 1.31 bits per heavy atom. The summed E-state index contributed by atoms with van der Waals surface area (Å²) in [6.07, 6.45) is 7.52. The molecule has 0 amide bonds. The van der Waals surface area contributed by atoms with Crippen LogP contribution >= 0.6 is 0 Å². The van der Waals surface area contributed by atoms with Gasteiger partial charge < -0.3 is 0 Å². The molecule has 2 rings (SSSR count). The Kier molecular flexibility index (Phi) is 2.29. The molecule has 1 aliphatic heterocycles. The molecule has 0 aromatic heterocycles. The number of hydrogen-bond acceptors (Lipinski definition) is 2. The van der Waals surface area contributed by atoms with Gasteiger partial charge in [-0.3, -0.25) is 4.90 Å². The van der Waals surface area contributed by atoms with E-state index in [0.717, 1.165) is 13.0 Å². The summed E-state index contributed by atoms with van der Waals surface area (Å²) in [4.78, 5) is 2.31. The molecule has 13 heavy (non-hydrogen) atoms. The SMILES string of the molecule is CN1CCCC2CCCCC21C#N. The second kappa shape index (κ2) is 3.31. The second-order valence-corrected chi connectivity index (χ2v) is 4.54. The van der Waals surface area contributed by atoms with E-state index < -0.39 is 0 Å². The van der Waals surface area contributed by atoms with Crippen LogP contribution in [0.25, 0.3) is 0 Å². The number of rotatable bonds is 0. The molecular formula is C11H18N2. The maximum Gasteiger partial charge on any atom is 0.111 e. The fourth-order valence-corrected chi connectivity index (χ4v) is 3.12. The van der Waals surface area contributed by atoms with E-state index in [4.69, 9.17) is 0 Å². The predicted molar refractivity (Wildman–Crippen MR) is 52.2 cm³/mol. The van der Waals surface area contributed by atoms with Gasteiger partial charge in [0.15, 0.2) is 0 Å². The molecule has 2 aliphatic rings. The summed E-state index contributed by atoms with van der Waals surface area (Å²) in [5.41, 5.74) is -0.0868. The van der Waals surface area contributed by atoms with Crippen molar-refractivity contribution in [2.75, 3.05) is 13.6 Å². The Morgan fingerprint density at radius 2 is 2.08 bits per heavy atom. The third-order valence-corrected chi connectivity index (χ3v) is 3.96. The molecule has 0 N–H and O–H groups in total. The van der Waals surface area contributed by atoms with Gasteiger partial charge in [0.05, 0.1) is 6.07 Å². The van der Waals surface area contributed by atoms with Gasteiger partial charge in [-0.05, 0) is 45.2 Å². The summed E-state index contributed by atoms with van der Waals surface area (Å²) < 4.78 is 0. The van der Waals surface area contributed by atoms with Gasteiger partial charge in [0.25, 0.3) is 0 Å². The van der Waals surface area contributed by atoms with E-state index in [1.54, 1.807) is 0 Å². The lowest BCUT2D eigenvalue weighted by Crippen LogP contribution is -2.55. The van der Waals surface area contributed by atoms with Crippen LogP contribution in [0.3, 0.4) is 0 Å². The first kappa shape index (κ1) is 9.02. The standard InChI is InChI=1S/C11H18N2/c1-13-8-4-6-10-5-2-3-7-11(10,13)9-12/h10H,2-8H2,1H3. The number of likely N-dealkylation sites (tertiary alicyclic amines) is 1. The molecular weight excluding hydrogens is 160 g/mol. The van der Waals surface area contributed by atoms with Crippen LogP contribution in [0.2, 0.25) is 0 Å². The minimum atomic E-state index is -0.0868. The molecule has 0 aromatic rings. The molecule has 0 spiro atoms. The normalized spacial score (nSPS) is 40.8. The summed E-state index contributed by atoms with van der Waals surface area (Å²) >= 11 is 0. The highest BCUT2D eigenvalue weighted by Crippen LogP contribution is 2.42. The molecule has 72 valence electrons. The average Bonchev–Trinajstić information content (AvgIpc) is 2.19. The van der Waals surface area contributed by atoms with Crippen LogP contribution in [-0.4, -0.2) is 24.0 Å². The zero-order chi connectivity index (χ0) is 9.31. The van der Waals surface area contributed by atoms with Crippen LogP contribution in [0.5, 0.6) is 0 Å². The van der Waals surface area contributed by atoms with E-state index in [2.05, 4.69) is 18.0 Å². The van der Waals surface area contributed by atoms with Crippen molar-refractivity contribution < 1.29 is 0 Å². The van der Waals surface area contributed by atoms with Crippen molar-refractivity contribution in [1.82, 2.24) is 4.90 Å². The summed E-state index contributed by atoms with van der Waals surface area (Å²) in [6.45, 7) is 1.12. The van der Waals surface area contributed by atoms with E-state index in [1.165, 1.54) is 32.1 Å². The van der Waals surface area contributed by atoms with Crippen LogP contribution in [0, 0.1) is 17.2 Å². The zero-order valence-electron chi connectivity index (χ0n) is 8.42. The van der Waals surface area contributed by atoms with Crippen LogP contribution in [0.1, 0.15) is 38.5 Å². The van der Waals surface area contributed by atoms with Gasteiger partial charge in [-0.25, -0.2) is 0 Å². The number of piperidine rings is 1. The molecule has 2 fully saturated rings. The summed E-state index contributed by atoms with van der Waals surface area (Å²) in [7, 11) is 2.13. The Bertz CT molecular complexity index is 229. The fraction of sp³-hybridized carbons (Fsp3) is 0.909. The van der Waals surface area contributed by atoms with Crippen LogP contribution in [0.4, 0.5) is 0 Å². The maximum atomic E-state index is 9.36. The number of nitriles is 1. The highest BCUT2D eigenvalue weighted by Gasteiger charge is 2.45. The highest BCUT2D eigenvalue weighted by atomic mass is 15.2. The largest absolute Gasteiger partial charge is 0.288 e. The molecule has 0 aromatic carbocycles. The van der Waals surface area contributed by atoms with Crippen molar-refractivity contribution in [1.29, 1.82) is 5.26 Å². The maximum absolute atomic E-state index is 9.36. The van der Waals surface area contributed by atoms with Crippen molar-refractivity contribution in [2.45, 2.75) is 44.1 Å². The van der Waals surface area contributed by atoms with Gasteiger partial charge in [-0.1, -0.05) is 12.8 Å². The third kappa shape index (κ3) is 1.26. The van der Waals surface area contributed by atoms with Gasteiger partial charge in [0.2, 0.25) is 0 Å². The van der Waals surface area contributed by atoms with E-state index in [0.29, 0.717) is 5.92 Å². The van der Waals surface area contributed by atoms with Crippen LogP contribution < -0.4 is 0 Å². The lowest BCUT2D eigenvalue weighted by Gasteiger charge is -2.48. The molecule has 1 saturated carbocycles. The van der Waals surface area contributed by atoms with Gasteiger partial charge >= 0.3 is 0 Å². The summed E-state index contributed by atoms with van der Waals surface area (Å²) in [5.74, 6) is 0.657. The monoisotopic (exact) mass is 178 g/mol. The molecule has 0 bridgehead atoms. The van der Waals surface area contributed by atoms with Crippen molar-refractivity contribution in [2.24, 2.45) is 5.92 Å². The lowest BCUT2D eigenvalue weighted by atomic mass is 9.68. The van der Waals surface area contributed by atoms with E-state index in [1.807, 2.05) is 0 Å². The first-order valence-corrected chi connectivity index (χ1v) is 5.42. The minimum absolute atomic E-state index is 0.0868. The molecule has 2 atom stereocenters. The molecule has 1 aliphatic carbocycles. The smallest absolute Gasteiger partial charge is 0.111 e. The predicted octanol–water partition coefficient (Wildman–Crippen LogP) is 2.16. The third-order valence-electron chi connectivity index (χ3n) is 3.96. The number of fused-ring (bicyclic) bond motifs is 1. The van der Waals surface area contributed by atoms with Crippen molar-refractivity contribution in [3.63, 3.8) is 0 Å². The fourth-order valence-electron chi connectivity index (χ4n) is 3.12. The second-order valence-electron chi connectivity index (χ2n) is 4.54. The molecule has 2 nitrogen and oxygen atoms in total. The molecule has 0 radical (unpaired) electrons. The summed E-state index contributed by atoms with van der Waals surface area (Å²) in [6, 6.07) is 2.60. The molecule has 2 unspecified atom stereocenters. The Labute approximate surface area is 80.5 Å². The Balaban J connectivity index is 2.25. The van der Waals surface area contributed by atoms with E-state index in [-0.39, 0.29) is 5.54 Å². The van der Waals surface area contributed by atoms with Crippen molar-refractivity contribution >= 4 is 0 Å². The number of nitrogens with zero attached hydrogens (tertiary/aromatic N) is 2. The van der Waals surface area contributed by atoms with Gasteiger partial charge in [-0.2, -0.15) is 5.26 Å². The van der Waals surface area contributed by atoms with E-state index in [9.17, 15) is 5.26 Å². The van der Waals surface area contributed by atoms with Crippen LogP contribution in [0.15, 0.2) is 0 Å². The first-order valence-electron chi connectivity index (χ1n) is 5.42. The van der Waals surface area contributed by atoms with Crippen molar-refractivity contribution in [3.05, 3.63) is 0 Å². The number of hydrogen-bond donors (Lipinski definition) is 0. The zero-order valence-corrected chi connectivity index (χ0v) is 8.42. The Hall–Kier alpha value is -0.550. The van der Waals surface area contributed by atoms with Crippen molar-refractivity contribution in [3.8, 4) is 6.07 Å². The van der Waals surface area contributed by atoms with Crippen LogP contribution in [-0.2, 0) is 0 Å². The summed E-state index contributed by atoms with van der Waals surface area (Å²) in [5, 5.41) is 9.36. The minimum Gasteiger partial charge on any atom is -0.288 e. The molecule has 2 heteroatoms. The highest BCUT2D eigenvalue weighted by molar-refractivity contribution is 5.14. The quantitative estimate of drug-likeness (QED) is 0.568. The van der Waals surface area contributed by atoms with Gasteiger partial charge in [-0.15, -0.1) is 0 Å². The topological polar surface area (TPSA) is 27.0 Å². The van der Waals surface area contributed by atoms with Gasteiger partial charge in [0, 0.05) is 0 Å². The molecule has 1 heterocycles. The molecule has 1 saturated heterocycles. The lowest BCUT2D eigenvalue weighted by molar-refractivity contribution is 0.0276. The van der Waals surface area contributed by atoms with E-state index >= 15 is 0 Å². The van der Waals surface area contributed by atoms with Gasteiger partial charge in [0.1, 0.15) is 5.54 Å².